The summed E-state index contributed by atoms with van der Waals surface area (Å²) in [5, 5.41) is 0. The Morgan fingerprint density at radius 3 is 2.40 bits per heavy atom. The molecule has 0 amide bonds. The Bertz CT molecular complexity index is 112. The van der Waals surface area contributed by atoms with E-state index in [9.17, 15) is 0 Å². The van der Waals surface area contributed by atoms with Gasteiger partial charge in [0.2, 0.25) is 0 Å². The standard InChI is InChI=1S/C9H15I/c1-8(10)7-9-5-3-2-4-6-9/h9H,1-7H2. The van der Waals surface area contributed by atoms with E-state index in [1.807, 2.05) is 0 Å². The summed E-state index contributed by atoms with van der Waals surface area (Å²) >= 11 is 2.35. The summed E-state index contributed by atoms with van der Waals surface area (Å²) in [4.78, 5) is 0. The van der Waals surface area contributed by atoms with Crippen LogP contribution >= 0.6 is 22.6 Å². The van der Waals surface area contributed by atoms with E-state index in [0.717, 1.165) is 5.92 Å². The summed E-state index contributed by atoms with van der Waals surface area (Å²) in [6.45, 7) is 3.94. The topological polar surface area (TPSA) is 0 Å². The van der Waals surface area contributed by atoms with Crippen LogP contribution in [0.3, 0.4) is 0 Å². The van der Waals surface area contributed by atoms with E-state index in [-0.39, 0.29) is 0 Å². The molecule has 0 unspecified atom stereocenters. The van der Waals surface area contributed by atoms with Crippen LogP contribution in [0.4, 0.5) is 0 Å². The Balaban J connectivity index is 2.19. The van der Waals surface area contributed by atoms with Crippen molar-refractivity contribution in [3.63, 3.8) is 0 Å². The average molecular weight is 250 g/mol. The van der Waals surface area contributed by atoms with E-state index >= 15 is 0 Å². The van der Waals surface area contributed by atoms with Crippen LogP contribution in [0.25, 0.3) is 0 Å². The van der Waals surface area contributed by atoms with Crippen molar-refractivity contribution in [3.05, 3.63) is 10.2 Å². The molecule has 1 saturated carbocycles. The van der Waals surface area contributed by atoms with E-state index in [0.29, 0.717) is 0 Å². The molecule has 1 aliphatic carbocycles. The fraction of sp³-hybridized carbons (Fsp3) is 0.778. The highest BCUT2D eigenvalue weighted by molar-refractivity contribution is 14.1. The monoisotopic (exact) mass is 250 g/mol. The van der Waals surface area contributed by atoms with Gasteiger partial charge in [-0.15, -0.1) is 0 Å². The molecule has 1 rings (SSSR count). The summed E-state index contributed by atoms with van der Waals surface area (Å²) in [7, 11) is 0. The van der Waals surface area contributed by atoms with Gasteiger partial charge < -0.3 is 0 Å². The minimum absolute atomic E-state index is 0.971. The fourth-order valence-electron chi connectivity index (χ4n) is 1.70. The average Bonchev–Trinajstić information content (AvgIpc) is 1.88. The van der Waals surface area contributed by atoms with E-state index in [2.05, 4.69) is 29.2 Å². The fourth-order valence-corrected chi connectivity index (χ4v) is 2.33. The highest BCUT2D eigenvalue weighted by Crippen LogP contribution is 2.29. The summed E-state index contributed by atoms with van der Waals surface area (Å²) < 4.78 is 1.34. The molecule has 0 N–H and O–H groups in total. The largest absolute Gasteiger partial charge is 0.0897 e. The van der Waals surface area contributed by atoms with Gasteiger partial charge in [0.1, 0.15) is 0 Å². The molecule has 0 aromatic heterocycles. The van der Waals surface area contributed by atoms with E-state index in [4.69, 9.17) is 0 Å². The van der Waals surface area contributed by atoms with Crippen molar-refractivity contribution in [2.24, 2.45) is 5.92 Å². The zero-order valence-electron chi connectivity index (χ0n) is 6.41. The lowest BCUT2D eigenvalue weighted by Crippen LogP contribution is -2.05. The van der Waals surface area contributed by atoms with Gasteiger partial charge in [-0.1, -0.05) is 38.7 Å². The van der Waals surface area contributed by atoms with Crippen molar-refractivity contribution in [2.75, 3.05) is 0 Å². The molecule has 58 valence electrons. The Morgan fingerprint density at radius 1 is 1.30 bits per heavy atom. The first-order chi connectivity index (χ1) is 4.79. The molecule has 0 radical (unpaired) electrons. The number of halogens is 1. The molecule has 0 bridgehead atoms. The van der Waals surface area contributed by atoms with Crippen LogP contribution in [0.15, 0.2) is 10.2 Å². The van der Waals surface area contributed by atoms with E-state index < -0.39 is 0 Å². The Labute approximate surface area is 77.2 Å². The summed E-state index contributed by atoms with van der Waals surface area (Å²) in [6, 6.07) is 0. The first-order valence-corrected chi connectivity index (χ1v) is 5.20. The van der Waals surface area contributed by atoms with Gasteiger partial charge in [-0.05, 0) is 38.5 Å². The first-order valence-electron chi connectivity index (χ1n) is 4.12. The Kier molecular flexibility index (Phi) is 3.74. The van der Waals surface area contributed by atoms with Crippen molar-refractivity contribution in [1.82, 2.24) is 0 Å². The van der Waals surface area contributed by atoms with Crippen LogP contribution in [0.1, 0.15) is 38.5 Å². The molecule has 0 saturated heterocycles. The smallest absolute Gasteiger partial charge is 0.0163 e. The van der Waals surface area contributed by atoms with Gasteiger partial charge in [0.05, 0.1) is 0 Å². The molecule has 0 atom stereocenters. The van der Waals surface area contributed by atoms with Gasteiger partial charge in [-0.3, -0.25) is 0 Å². The third-order valence-electron chi connectivity index (χ3n) is 2.23. The normalized spacial score (nSPS) is 20.9. The maximum absolute atomic E-state index is 3.94. The lowest BCUT2D eigenvalue weighted by atomic mass is 9.87. The van der Waals surface area contributed by atoms with Gasteiger partial charge in [0.15, 0.2) is 0 Å². The third-order valence-corrected chi connectivity index (χ3v) is 2.68. The maximum atomic E-state index is 3.94. The second kappa shape index (κ2) is 4.37. The molecule has 0 aromatic rings. The number of rotatable bonds is 2. The van der Waals surface area contributed by atoms with Gasteiger partial charge in [-0.2, -0.15) is 0 Å². The lowest BCUT2D eigenvalue weighted by molar-refractivity contribution is 0.361. The minimum Gasteiger partial charge on any atom is -0.0897 e. The SMILES string of the molecule is C=C(I)CC1CCCCC1. The summed E-state index contributed by atoms with van der Waals surface area (Å²) in [5.41, 5.74) is 0. The van der Waals surface area contributed by atoms with Crippen LogP contribution in [-0.4, -0.2) is 0 Å². The second-order valence-corrected chi connectivity index (χ2v) is 4.75. The van der Waals surface area contributed by atoms with Gasteiger partial charge in [0.25, 0.3) is 0 Å². The molecular weight excluding hydrogens is 235 g/mol. The van der Waals surface area contributed by atoms with Crippen LogP contribution < -0.4 is 0 Å². The molecule has 1 heteroatoms. The zero-order valence-corrected chi connectivity index (χ0v) is 8.56. The van der Waals surface area contributed by atoms with Crippen molar-refractivity contribution in [2.45, 2.75) is 38.5 Å². The number of hydrogen-bond donors (Lipinski definition) is 0. The molecule has 1 aliphatic rings. The van der Waals surface area contributed by atoms with Crippen LogP contribution in [0.5, 0.6) is 0 Å². The minimum atomic E-state index is 0.971. The highest BCUT2D eigenvalue weighted by atomic mass is 127. The summed E-state index contributed by atoms with van der Waals surface area (Å²) in [6.07, 6.45) is 8.53. The quantitative estimate of drug-likeness (QED) is 0.652. The molecule has 0 aromatic carbocycles. The highest BCUT2D eigenvalue weighted by Gasteiger charge is 2.12. The number of hydrogen-bond acceptors (Lipinski definition) is 0. The van der Waals surface area contributed by atoms with Crippen molar-refractivity contribution < 1.29 is 0 Å². The Morgan fingerprint density at radius 2 is 1.90 bits per heavy atom. The predicted molar refractivity (Wildman–Crippen MR) is 54.4 cm³/mol. The van der Waals surface area contributed by atoms with Crippen LogP contribution in [0, 0.1) is 5.92 Å². The predicted octanol–water partition coefficient (Wildman–Crippen LogP) is 3.91. The first kappa shape index (κ1) is 8.57. The van der Waals surface area contributed by atoms with E-state index in [1.54, 1.807) is 0 Å². The second-order valence-electron chi connectivity index (χ2n) is 3.23. The van der Waals surface area contributed by atoms with Gasteiger partial charge in [-0.25, -0.2) is 0 Å². The van der Waals surface area contributed by atoms with Crippen molar-refractivity contribution in [1.29, 1.82) is 0 Å². The molecule has 0 spiro atoms. The molecule has 10 heavy (non-hydrogen) atoms. The van der Waals surface area contributed by atoms with Gasteiger partial charge in [0, 0.05) is 0 Å². The maximum Gasteiger partial charge on any atom is -0.0163 e. The van der Waals surface area contributed by atoms with Gasteiger partial charge >= 0.3 is 0 Å². The van der Waals surface area contributed by atoms with Crippen molar-refractivity contribution >= 4 is 22.6 Å². The van der Waals surface area contributed by atoms with Crippen LogP contribution in [-0.2, 0) is 0 Å². The summed E-state index contributed by atoms with van der Waals surface area (Å²) in [5.74, 6) is 0.971. The Hall–Kier alpha value is 0.470. The molecule has 1 fully saturated rings. The lowest BCUT2D eigenvalue weighted by Gasteiger charge is -2.20. The van der Waals surface area contributed by atoms with Crippen LogP contribution in [0.2, 0.25) is 0 Å². The van der Waals surface area contributed by atoms with Crippen molar-refractivity contribution in [3.8, 4) is 0 Å². The number of allylic oxidation sites excluding steroid dienone is 1. The molecule has 0 aliphatic heterocycles. The molecule has 0 heterocycles. The zero-order chi connectivity index (χ0) is 7.40. The van der Waals surface area contributed by atoms with E-state index in [1.165, 1.54) is 42.1 Å². The molecule has 0 nitrogen and oxygen atoms in total. The third kappa shape index (κ3) is 3.04. The molecular formula is C9H15I.